The number of benzene rings is 1. The van der Waals surface area contributed by atoms with Gasteiger partial charge in [0.05, 0.1) is 0 Å². The van der Waals surface area contributed by atoms with E-state index in [2.05, 4.69) is 50.1 Å². The molecule has 1 unspecified atom stereocenters. The maximum absolute atomic E-state index is 13.3. The summed E-state index contributed by atoms with van der Waals surface area (Å²) in [5.41, 5.74) is 4.10. The fraction of sp³-hybridized carbons (Fsp3) is 0.452. The Hall–Kier alpha value is -2.90. The standard InChI is InChI=1S/C31H38ClN3O3S/c1-19-24(17-26(39-19)20-12-13-33-27(16-20)30(2,3)4)23-11-10-21(15-25(23)32)28(36)35-14-8-9-22(18-35)34-29(37)38-31(5,6)7/h10-13,15-17,22H,8-9,14,18H2,1-7H3,(H,34,37). The lowest BCUT2D eigenvalue weighted by molar-refractivity contribution is 0.0452. The number of rotatable bonds is 4. The summed E-state index contributed by atoms with van der Waals surface area (Å²) >= 11 is 8.49. The first kappa shape index (κ1) is 29.1. The molecule has 2 aromatic heterocycles. The third-order valence-electron chi connectivity index (χ3n) is 6.67. The molecule has 1 aliphatic rings. The van der Waals surface area contributed by atoms with Gasteiger partial charge in [0.15, 0.2) is 0 Å². The maximum atomic E-state index is 13.3. The zero-order valence-electron chi connectivity index (χ0n) is 23.9. The number of halogens is 1. The number of nitrogens with zero attached hydrogens (tertiary/aromatic N) is 2. The fourth-order valence-electron chi connectivity index (χ4n) is 4.69. The highest BCUT2D eigenvalue weighted by atomic mass is 35.5. The monoisotopic (exact) mass is 567 g/mol. The molecule has 1 N–H and O–H groups in total. The van der Waals surface area contributed by atoms with Gasteiger partial charge >= 0.3 is 6.09 Å². The summed E-state index contributed by atoms with van der Waals surface area (Å²) in [7, 11) is 0. The molecule has 1 aromatic carbocycles. The van der Waals surface area contributed by atoms with Gasteiger partial charge in [0, 0.05) is 62.3 Å². The third kappa shape index (κ3) is 7.20. The van der Waals surface area contributed by atoms with Gasteiger partial charge in [-0.05, 0) is 82.0 Å². The van der Waals surface area contributed by atoms with Crippen molar-refractivity contribution in [2.45, 2.75) is 78.4 Å². The van der Waals surface area contributed by atoms with Crippen molar-refractivity contribution in [2.75, 3.05) is 13.1 Å². The van der Waals surface area contributed by atoms with Crippen LogP contribution in [-0.4, -0.2) is 46.6 Å². The molecule has 208 valence electrons. The topological polar surface area (TPSA) is 71.5 Å². The molecular formula is C31H38ClN3O3S. The van der Waals surface area contributed by atoms with Crippen molar-refractivity contribution >= 4 is 34.9 Å². The number of carbonyl (C=O) groups is 2. The van der Waals surface area contributed by atoms with Gasteiger partial charge in [0.1, 0.15) is 5.60 Å². The minimum absolute atomic E-state index is 0.0308. The molecule has 1 saturated heterocycles. The number of carbonyl (C=O) groups excluding carboxylic acids is 2. The Morgan fingerprint density at radius 3 is 2.49 bits per heavy atom. The largest absolute Gasteiger partial charge is 0.444 e. The number of hydrogen-bond acceptors (Lipinski definition) is 5. The molecule has 0 bridgehead atoms. The fourth-order valence-corrected chi connectivity index (χ4v) is 6.00. The summed E-state index contributed by atoms with van der Waals surface area (Å²) in [5, 5.41) is 3.44. The third-order valence-corrected chi connectivity index (χ3v) is 8.08. The molecule has 4 rings (SSSR count). The van der Waals surface area contributed by atoms with Crippen LogP contribution in [0.25, 0.3) is 21.6 Å². The highest BCUT2D eigenvalue weighted by Gasteiger charge is 2.28. The Kier molecular flexibility index (Phi) is 8.43. The minimum atomic E-state index is -0.567. The van der Waals surface area contributed by atoms with E-state index >= 15 is 0 Å². The number of pyridine rings is 1. The normalized spacial score (nSPS) is 16.2. The first-order chi connectivity index (χ1) is 18.2. The number of ether oxygens (including phenoxy) is 1. The van der Waals surface area contributed by atoms with E-state index in [9.17, 15) is 9.59 Å². The van der Waals surface area contributed by atoms with E-state index in [-0.39, 0.29) is 17.4 Å². The SMILES string of the molecule is Cc1sc(-c2ccnc(C(C)(C)C)c2)cc1-c1ccc(C(=O)N2CCCC(NC(=O)OC(C)(C)C)C2)cc1Cl. The average molecular weight is 568 g/mol. The molecular weight excluding hydrogens is 530 g/mol. The zero-order valence-corrected chi connectivity index (χ0v) is 25.4. The number of likely N-dealkylation sites (tertiary alicyclic amines) is 1. The van der Waals surface area contributed by atoms with Crippen LogP contribution in [-0.2, 0) is 10.2 Å². The van der Waals surface area contributed by atoms with Crippen LogP contribution >= 0.6 is 22.9 Å². The van der Waals surface area contributed by atoms with Crippen molar-refractivity contribution in [3.8, 4) is 21.6 Å². The molecule has 1 fully saturated rings. The van der Waals surface area contributed by atoms with Crippen LogP contribution in [0.1, 0.15) is 75.3 Å². The van der Waals surface area contributed by atoms with Crippen LogP contribution in [0.3, 0.4) is 0 Å². The lowest BCUT2D eigenvalue weighted by Crippen LogP contribution is -2.50. The molecule has 0 radical (unpaired) electrons. The Bertz CT molecular complexity index is 1370. The molecule has 0 spiro atoms. The molecule has 3 heterocycles. The molecule has 8 heteroatoms. The van der Waals surface area contributed by atoms with Gasteiger partial charge in [0.25, 0.3) is 5.91 Å². The second kappa shape index (κ2) is 11.3. The lowest BCUT2D eigenvalue weighted by Gasteiger charge is -2.33. The van der Waals surface area contributed by atoms with Crippen LogP contribution in [0.15, 0.2) is 42.6 Å². The van der Waals surface area contributed by atoms with Crippen LogP contribution in [0.5, 0.6) is 0 Å². The zero-order chi connectivity index (χ0) is 28.5. The predicted octanol–water partition coefficient (Wildman–Crippen LogP) is 7.87. The predicted molar refractivity (Wildman–Crippen MR) is 160 cm³/mol. The van der Waals surface area contributed by atoms with Crippen LogP contribution in [0.2, 0.25) is 5.02 Å². The number of piperidine rings is 1. The second-order valence-electron chi connectivity index (χ2n) is 12.2. The molecule has 1 aliphatic heterocycles. The summed E-state index contributed by atoms with van der Waals surface area (Å²) in [4.78, 5) is 34.2. The van der Waals surface area contributed by atoms with Crippen molar-refractivity contribution in [2.24, 2.45) is 0 Å². The van der Waals surface area contributed by atoms with E-state index in [0.717, 1.165) is 45.0 Å². The number of nitrogens with one attached hydrogen (secondary N) is 1. The van der Waals surface area contributed by atoms with Gasteiger partial charge < -0.3 is 15.0 Å². The Labute approximate surface area is 240 Å². The lowest BCUT2D eigenvalue weighted by atomic mass is 9.90. The summed E-state index contributed by atoms with van der Waals surface area (Å²) in [6.07, 6.45) is 3.02. The number of aromatic nitrogens is 1. The van der Waals surface area contributed by atoms with E-state index in [0.29, 0.717) is 23.7 Å². The maximum Gasteiger partial charge on any atom is 0.407 e. The molecule has 3 aromatic rings. The van der Waals surface area contributed by atoms with Crippen LogP contribution in [0.4, 0.5) is 4.79 Å². The van der Waals surface area contributed by atoms with Gasteiger partial charge in [-0.15, -0.1) is 11.3 Å². The number of alkyl carbamates (subject to hydrolysis) is 1. The van der Waals surface area contributed by atoms with Gasteiger partial charge in [-0.1, -0.05) is 38.4 Å². The van der Waals surface area contributed by atoms with E-state index in [1.54, 1.807) is 22.3 Å². The Morgan fingerprint density at radius 2 is 1.82 bits per heavy atom. The smallest absolute Gasteiger partial charge is 0.407 e. The van der Waals surface area contributed by atoms with E-state index in [1.807, 2.05) is 45.2 Å². The average Bonchev–Trinajstić information content (AvgIpc) is 3.23. The minimum Gasteiger partial charge on any atom is -0.444 e. The van der Waals surface area contributed by atoms with E-state index < -0.39 is 11.7 Å². The Morgan fingerprint density at radius 1 is 1.08 bits per heavy atom. The molecule has 6 nitrogen and oxygen atoms in total. The molecule has 1 atom stereocenters. The van der Waals surface area contributed by atoms with Crippen molar-refractivity contribution in [1.82, 2.24) is 15.2 Å². The number of amides is 2. The number of thiophene rings is 1. The van der Waals surface area contributed by atoms with Crippen LogP contribution in [0, 0.1) is 6.92 Å². The van der Waals surface area contributed by atoms with Gasteiger partial charge in [-0.3, -0.25) is 9.78 Å². The van der Waals surface area contributed by atoms with Crippen molar-refractivity contribution in [3.05, 3.63) is 63.8 Å². The quantitative estimate of drug-likeness (QED) is 0.348. The highest BCUT2D eigenvalue weighted by molar-refractivity contribution is 7.16. The molecule has 2 amide bonds. The second-order valence-corrected chi connectivity index (χ2v) is 13.9. The first-order valence-electron chi connectivity index (χ1n) is 13.4. The van der Waals surface area contributed by atoms with E-state index in [4.69, 9.17) is 16.3 Å². The summed E-state index contributed by atoms with van der Waals surface area (Å²) in [6, 6.07) is 11.7. The highest BCUT2D eigenvalue weighted by Crippen LogP contribution is 2.40. The summed E-state index contributed by atoms with van der Waals surface area (Å²) < 4.78 is 5.38. The number of hydrogen-bond donors (Lipinski definition) is 1. The molecule has 0 saturated carbocycles. The Balaban J connectivity index is 1.50. The van der Waals surface area contributed by atoms with Crippen molar-refractivity contribution < 1.29 is 14.3 Å². The van der Waals surface area contributed by atoms with Gasteiger partial charge in [0.2, 0.25) is 0 Å². The van der Waals surface area contributed by atoms with E-state index in [1.165, 1.54) is 0 Å². The summed E-state index contributed by atoms with van der Waals surface area (Å²) in [6.45, 7) is 15.1. The molecule has 39 heavy (non-hydrogen) atoms. The summed E-state index contributed by atoms with van der Waals surface area (Å²) in [5.74, 6) is -0.0895. The van der Waals surface area contributed by atoms with Crippen molar-refractivity contribution in [3.63, 3.8) is 0 Å². The first-order valence-corrected chi connectivity index (χ1v) is 14.6. The van der Waals surface area contributed by atoms with Gasteiger partial charge in [-0.25, -0.2) is 4.79 Å². The number of aryl methyl sites for hydroxylation is 1. The van der Waals surface area contributed by atoms with Gasteiger partial charge in [-0.2, -0.15) is 0 Å². The molecule has 0 aliphatic carbocycles. The van der Waals surface area contributed by atoms with Crippen LogP contribution < -0.4 is 5.32 Å². The van der Waals surface area contributed by atoms with Crippen molar-refractivity contribution in [1.29, 1.82) is 0 Å².